The molecular formula is C49H48ClN3O6. The van der Waals surface area contributed by atoms with Crippen LogP contribution in [0.3, 0.4) is 0 Å². The van der Waals surface area contributed by atoms with Gasteiger partial charge in [-0.25, -0.2) is 4.79 Å². The Morgan fingerprint density at radius 2 is 1.44 bits per heavy atom. The molecule has 3 atom stereocenters. The summed E-state index contributed by atoms with van der Waals surface area (Å²) in [5.74, 6) is 1.43. The van der Waals surface area contributed by atoms with Crippen LogP contribution in [0.2, 0.25) is 5.02 Å². The van der Waals surface area contributed by atoms with E-state index in [0.29, 0.717) is 48.8 Å². The van der Waals surface area contributed by atoms with Crippen molar-refractivity contribution in [2.45, 2.75) is 56.5 Å². The summed E-state index contributed by atoms with van der Waals surface area (Å²) in [5, 5.41) is 27.6. The van der Waals surface area contributed by atoms with Crippen molar-refractivity contribution < 1.29 is 29.2 Å². The highest BCUT2D eigenvalue weighted by molar-refractivity contribution is 6.30. The van der Waals surface area contributed by atoms with Gasteiger partial charge in [-0.1, -0.05) is 109 Å². The van der Waals surface area contributed by atoms with Gasteiger partial charge in [0.15, 0.2) is 6.29 Å². The molecule has 0 aliphatic carbocycles. The number of rotatable bonds is 12. The lowest BCUT2D eigenvalue weighted by Gasteiger charge is -2.42. The molecule has 2 saturated heterocycles. The molecule has 2 amide bonds. The molecule has 0 saturated carbocycles. The molecule has 0 bridgehead atoms. The largest absolute Gasteiger partial charge is 0.457 e. The Balaban J connectivity index is 0.890. The fourth-order valence-electron chi connectivity index (χ4n) is 7.76. The molecule has 302 valence electrons. The normalized spacial score (nSPS) is 19.1. The number of ether oxygens (including phenoxy) is 3. The topological polar surface area (TPSA) is 113 Å². The first-order valence-electron chi connectivity index (χ1n) is 20.1. The number of aliphatic hydroxyl groups excluding tert-OH is 1. The van der Waals surface area contributed by atoms with Gasteiger partial charge < -0.3 is 40.0 Å². The van der Waals surface area contributed by atoms with Gasteiger partial charge in [-0.2, -0.15) is 0 Å². The number of carbonyl (C=O) groups excluding carboxylic acids is 1. The number of hydrogen-bond donors (Lipinski definition) is 4. The number of para-hydroxylation sites is 1. The van der Waals surface area contributed by atoms with E-state index in [4.69, 9.17) is 25.8 Å². The number of carbonyl (C=O) groups is 1. The Morgan fingerprint density at radius 1 is 0.746 bits per heavy atom. The molecule has 6 aromatic rings. The SMILES string of the molecule is O=C(NCc1cccc(-c2ccc([C@H]3O[C@@H](CN4CCC(O)(c5ccc(Cl)cc5)CC4)C[C@@H](c4ccc(CO)cc4)O3)cc2)c1)Nc1ccc(Oc2ccccc2)cc1. The lowest BCUT2D eigenvalue weighted by molar-refractivity contribution is -0.253. The number of halogens is 1. The molecule has 10 heteroatoms. The molecule has 2 aliphatic rings. The molecule has 0 radical (unpaired) electrons. The first-order valence-corrected chi connectivity index (χ1v) is 20.4. The minimum Gasteiger partial charge on any atom is -0.457 e. The van der Waals surface area contributed by atoms with Gasteiger partial charge in [-0.05, 0) is 101 Å². The summed E-state index contributed by atoms with van der Waals surface area (Å²) in [5.41, 5.74) is 6.52. The van der Waals surface area contributed by atoms with E-state index in [1.165, 1.54) is 0 Å². The number of piperidine rings is 1. The molecule has 0 aromatic heterocycles. The first-order chi connectivity index (χ1) is 28.8. The van der Waals surface area contributed by atoms with E-state index in [1.54, 1.807) is 12.1 Å². The van der Waals surface area contributed by atoms with Crippen LogP contribution in [0.4, 0.5) is 10.5 Å². The third-order valence-corrected chi connectivity index (χ3v) is 11.4. The number of amides is 2. The molecule has 4 N–H and O–H groups in total. The van der Waals surface area contributed by atoms with Gasteiger partial charge in [0, 0.05) is 48.9 Å². The summed E-state index contributed by atoms with van der Waals surface area (Å²) in [6.07, 6.45) is 1.05. The van der Waals surface area contributed by atoms with Crippen molar-refractivity contribution in [1.29, 1.82) is 0 Å². The predicted molar refractivity (Wildman–Crippen MR) is 230 cm³/mol. The van der Waals surface area contributed by atoms with E-state index in [9.17, 15) is 15.0 Å². The minimum absolute atomic E-state index is 0.0137. The summed E-state index contributed by atoms with van der Waals surface area (Å²) >= 11 is 6.11. The first kappa shape index (κ1) is 40.3. The molecule has 0 unspecified atom stereocenters. The Morgan fingerprint density at radius 3 is 2.15 bits per heavy atom. The van der Waals surface area contributed by atoms with Crippen LogP contribution in [-0.4, -0.2) is 46.9 Å². The molecule has 2 aliphatic heterocycles. The second-order valence-electron chi connectivity index (χ2n) is 15.3. The highest BCUT2D eigenvalue weighted by Crippen LogP contribution is 2.40. The van der Waals surface area contributed by atoms with Crippen LogP contribution in [0, 0.1) is 0 Å². The number of hydrogen-bond acceptors (Lipinski definition) is 7. The maximum Gasteiger partial charge on any atom is 0.319 e. The molecule has 2 fully saturated rings. The summed E-state index contributed by atoms with van der Waals surface area (Å²) in [4.78, 5) is 15.1. The predicted octanol–water partition coefficient (Wildman–Crippen LogP) is 10.1. The van der Waals surface area contributed by atoms with Crippen molar-refractivity contribution in [3.63, 3.8) is 0 Å². The van der Waals surface area contributed by atoms with E-state index < -0.39 is 11.9 Å². The van der Waals surface area contributed by atoms with Gasteiger partial charge in [-0.15, -0.1) is 0 Å². The third kappa shape index (κ3) is 10.4. The van der Waals surface area contributed by atoms with Crippen LogP contribution in [0.25, 0.3) is 11.1 Å². The van der Waals surface area contributed by atoms with Gasteiger partial charge in [0.05, 0.1) is 24.4 Å². The van der Waals surface area contributed by atoms with Crippen molar-refractivity contribution >= 4 is 23.3 Å². The average molecular weight is 810 g/mol. The number of anilines is 1. The number of aliphatic hydroxyl groups is 2. The van der Waals surface area contributed by atoms with Crippen LogP contribution in [0.1, 0.15) is 59.5 Å². The second-order valence-corrected chi connectivity index (χ2v) is 15.7. The third-order valence-electron chi connectivity index (χ3n) is 11.1. The smallest absolute Gasteiger partial charge is 0.319 e. The zero-order valence-electron chi connectivity index (χ0n) is 32.7. The fraction of sp³-hybridized carbons (Fsp3) is 0.245. The van der Waals surface area contributed by atoms with Crippen LogP contribution < -0.4 is 15.4 Å². The quantitative estimate of drug-likeness (QED) is 0.0974. The zero-order valence-corrected chi connectivity index (χ0v) is 33.4. The van der Waals surface area contributed by atoms with E-state index in [1.807, 2.05) is 103 Å². The lowest BCUT2D eigenvalue weighted by Crippen LogP contribution is -2.46. The van der Waals surface area contributed by atoms with Crippen LogP contribution in [0.5, 0.6) is 11.5 Å². The molecule has 0 spiro atoms. The van der Waals surface area contributed by atoms with Gasteiger partial charge >= 0.3 is 6.03 Å². The maximum atomic E-state index is 12.8. The van der Waals surface area contributed by atoms with Crippen molar-refractivity contribution in [2.75, 3.05) is 25.0 Å². The monoisotopic (exact) mass is 809 g/mol. The lowest BCUT2D eigenvalue weighted by atomic mass is 9.84. The Kier molecular flexibility index (Phi) is 12.7. The number of nitrogens with zero attached hydrogens (tertiary/aromatic N) is 1. The molecule has 2 heterocycles. The summed E-state index contributed by atoms with van der Waals surface area (Å²) < 4.78 is 19.2. The Hall–Kier alpha value is -5.52. The molecule has 8 rings (SSSR count). The molecule has 59 heavy (non-hydrogen) atoms. The van der Waals surface area contributed by atoms with Crippen LogP contribution in [0.15, 0.2) is 152 Å². The van der Waals surface area contributed by atoms with Gasteiger partial charge in [-0.3, -0.25) is 0 Å². The van der Waals surface area contributed by atoms with Crippen molar-refractivity contribution in [3.8, 4) is 22.6 Å². The fourth-order valence-corrected chi connectivity index (χ4v) is 7.88. The average Bonchev–Trinajstić information content (AvgIpc) is 3.28. The highest BCUT2D eigenvalue weighted by atomic mass is 35.5. The number of nitrogens with one attached hydrogen (secondary N) is 2. The van der Waals surface area contributed by atoms with Crippen molar-refractivity contribution in [3.05, 3.63) is 184 Å². The van der Waals surface area contributed by atoms with E-state index in [0.717, 1.165) is 57.8 Å². The Bertz CT molecular complexity index is 2280. The van der Waals surface area contributed by atoms with E-state index in [-0.39, 0.29) is 24.8 Å². The summed E-state index contributed by atoms with van der Waals surface area (Å²) in [6, 6.07) is 48.3. The maximum absolute atomic E-state index is 12.8. The van der Waals surface area contributed by atoms with Crippen molar-refractivity contribution in [1.82, 2.24) is 10.2 Å². The summed E-state index contributed by atoms with van der Waals surface area (Å²) in [7, 11) is 0. The van der Waals surface area contributed by atoms with Gasteiger partial charge in [0.25, 0.3) is 0 Å². The molecule has 6 aromatic carbocycles. The number of urea groups is 1. The zero-order chi connectivity index (χ0) is 40.6. The standard InChI is InChI=1S/C49H48ClN3O6/c50-41-19-17-40(18-20-41)49(56)25-27-53(28-26-49)32-45-30-46(37-11-9-34(33-54)10-12-37)59-47(58-45)38-15-13-36(14-16-38)39-6-4-5-35(29-39)31-51-48(55)52-42-21-23-44(24-22-42)57-43-7-2-1-3-8-43/h1-24,29,45-47,54,56H,25-28,30-33H2,(H2,51,52,55)/t45-,46+,47+/m1/s1. The Labute approximate surface area is 350 Å². The van der Waals surface area contributed by atoms with Crippen molar-refractivity contribution in [2.24, 2.45) is 0 Å². The minimum atomic E-state index is -0.878. The highest BCUT2D eigenvalue weighted by Gasteiger charge is 2.37. The van der Waals surface area contributed by atoms with Gasteiger partial charge in [0.2, 0.25) is 0 Å². The van der Waals surface area contributed by atoms with Crippen LogP contribution in [-0.2, 0) is 28.2 Å². The molecular weight excluding hydrogens is 762 g/mol. The number of likely N-dealkylation sites (tertiary alicyclic amines) is 1. The second kappa shape index (κ2) is 18.6. The van der Waals surface area contributed by atoms with E-state index in [2.05, 4.69) is 51.9 Å². The van der Waals surface area contributed by atoms with E-state index >= 15 is 0 Å². The molecule has 9 nitrogen and oxygen atoms in total. The van der Waals surface area contributed by atoms with Crippen LogP contribution >= 0.6 is 11.6 Å². The number of benzene rings is 6. The summed E-state index contributed by atoms with van der Waals surface area (Å²) in [6.45, 7) is 2.55. The van der Waals surface area contributed by atoms with Gasteiger partial charge in [0.1, 0.15) is 11.5 Å².